The number of carbonyl (C=O) groups excluding carboxylic acids is 3. The highest BCUT2D eigenvalue weighted by Crippen LogP contribution is 2.20. The van der Waals surface area contributed by atoms with Gasteiger partial charge in [0.25, 0.3) is 5.91 Å². The van der Waals surface area contributed by atoms with Crippen LogP contribution in [0.2, 0.25) is 0 Å². The van der Waals surface area contributed by atoms with Crippen molar-refractivity contribution < 1.29 is 14.4 Å². The van der Waals surface area contributed by atoms with Crippen LogP contribution in [0.3, 0.4) is 0 Å². The highest BCUT2D eigenvalue weighted by atomic mass is 16.2. The normalized spacial score (nSPS) is 16.4. The lowest BCUT2D eigenvalue weighted by atomic mass is 10.0. The van der Waals surface area contributed by atoms with Crippen LogP contribution in [-0.2, 0) is 24.3 Å². The molecule has 144 valence electrons. The van der Waals surface area contributed by atoms with Crippen LogP contribution in [0.4, 0.5) is 10.5 Å². The Kier molecular flexibility index (Phi) is 5.08. The van der Waals surface area contributed by atoms with Crippen molar-refractivity contribution in [1.29, 1.82) is 0 Å². The number of hydrogen-bond donors (Lipinski definition) is 3. The van der Waals surface area contributed by atoms with Gasteiger partial charge in [0.05, 0.1) is 13.1 Å². The van der Waals surface area contributed by atoms with Gasteiger partial charge in [0.2, 0.25) is 5.91 Å². The molecule has 7 nitrogen and oxygen atoms in total. The lowest BCUT2D eigenvalue weighted by Gasteiger charge is -2.13. The summed E-state index contributed by atoms with van der Waals surface area (Å²) >= 11 is 0. The third-order valence-corrected chi connectivity index (χ3v) is 5.05. The molecule has 0 spiro atoms. The SMILES string of the molecule is O=C(Nc1ccc2c(c1)CNCCC2)c1cccc(CN2C(=O)CNC2=O)c1. The van der Waals surface area contributed by atoms with E-state index in [9.17, 15) is 14.4 Å². The van der Waals surface area contributed by atoms with Gasteiger partial charge in [-0.15, -0.1) is 0 Å². The first-order chi connectivity index (χ1) is 13.6. The van der Waals surface area contributed by atoms with Gasteiger partial charge in [0.1, 0.15) is 0 Å². The molecule has 2 aliphatic rings. The number of hydrogen-bond acceptors (Lipinski definition) is 4. The third-order valence-electron chi connectivity index (χ3n) is 5.05. The molecule has 3 N–H and O–H groups in total. The predicted molar refractivity (Wildman–Crippen MR) is 105 cm³/mol. The molecule has 0 bridgehead atoms. The highest BCUT2D eigenvalue weighted by Gasteiger charge is 2.28. The minimum absolute atomic E-state index is 0.0200. The van der Waals surface area contributed by atoms with Crippen molar-refractivity contribution >= 4 is 23.5 Å². The number of rotatable bonds is 4. The number of amides is 4. The molecule has 2 heterocycles. The van der Waals surface area contributed by atoms with Crippen molar-refractivity contribution in [3.63, 3.8) is 0 Å². The molecule has 0 radical (unpaired) electrons. The van der Waals surface area contributed by atoms with Crippen LogP contribution in [0.1, 0.15) is 33.5 Å². The Labute approximate surface area is 163 Å². The molecule has 2 aromatic carbocycles. The number of urea groups is 1. The van der Waals surface area contributed by atoms with Gasteiger partial charge in [-0.25, -0.2) is 4.79 Å². The van der Waals surface area contributed by atoms with E-state index in [2.05, 4.69) is 22.0 Å². The molecule has 1 saturated heterocycles. The number of imide groups is 1. The molecular formula is C21H22N4O3. The number of fused-ring (bicyclic) bond motifs is 1. The fourth-order valence-electron chi connectivity index (χ4n) is 3.55. The largest absolute Gasteiger partial charge is 0.329 e. The Bertz CT molecular complexity index is 925. The highest BCUT2D eigenvalue weighted by molar-refractivity contribution is 6.04. The average Bonchev–Trinajstić information content (AvgIpc) is 2.89. The number of anilines is 1. The minimum atomic E-state index is -0.404. The molecule has 0 aliphatic carbocycles. The van der Waals surface area contributed by atoms with E-state index in [0.29, 0.717) is 5.56 Å². The maximum atomic E-state index is 12.7. The summed E-state index contributed by atoms with van der Waals surface area (Å²) in [7, 11) is 0. The van der Waals surface area contributed by atoms with Gasteiger partial charge in [-0.3, -0.25) is 14.5 Å². The monoisotopic (exact) mass is 378 g/mol. The van der Waals surface area contributed by atoms with E-state index in [0.717, 1.165) is 42.1 Å². The Morgan fingerprint density at radius 1 is 1.07 bits per heavy atom. The number of benzene rings is 2. The van der Waals surface area contributed by atoms with Gasteiger partial charge in [-0.05, 0) is 60.3 Å². The number of aryl methyl sites for hydroxylation is 1. The molecular weight excluding hydrogens is 356 g/mol. The summed E-state index contributed by atoms with van der Waals surface area (Å²) in [6, 6.07) is 12.6. The molecule has 28 heavy (non-hydrogen) atoms. The van der Waals surface area contributed by atoms with Gasteiger partial charge in [-0.1, -0.05) is 18.2 Å². The minimum Gasteiger partial charge on any atom is -0.329 e. The standard InChI is InChI=1S/C21H22N4O3/c26-19-12-23-21(28)25(19)13-14-3-1-4-16(9-14)20(27)24-18-7-6-15-5-2-8-22-11-17(15)10-18/h1,3-4,6-7,9-10,22H,2,5,8,11-13H2,(H,23,28)(H,24,27). The molecule has 0 unspecified atom stereocenters. The van der Waals surface area contributed by atoms with Gasteiger partial charge < -0.3 is 16.0 Å². The second kappa shape index (κ2) is 7.82. The first-order valence-electron chi connectivity index (χ1n) is 9.41. The molecule has 0 saturated carbocycles. The second-order valence-corrected chi connectivity index (χ2v) is 7.06. The summed E-state index contributed by atoms with van der Waals surface area (Å²) in [6.07, 6.45) is 2.16. The molecule has 4 rings (SSSR count). The maximum Gasteiger partial charge on any atom is 0.324 e. The molecule has 0 aromatic heterocycles. The van der Waals surface area contributed by atoms with Gasteiger partial charge in [0, 0.05) is 17.8 Å². The van der Waals surface area contributed by atoms with Gasteiger partial charge >= 0.3 is 6.03 Å². The fraction of sp³-hybridized carbons (Fsp3) is 0.286. The van der Waals surface area contributed by atoms with E-state index in [4.69, 9.17) is 0 Å². The van der Waals surface area contributed by atoms with Crippen molar-refractivity contribution in [3.05, 3.63) is 64.7 Å². The summed E-state index contributed by atoms with van der Waals surface area (Å²) in [4.78, 5) is 37.3. The van der Waals surface area contributed by atoms with Crippen molar-refractivity contribution in [2.45, 2.75) is 25.9 Å². The van der Waals surface area contributed by atoms with Crippen LogP contribution in [0.15, 0.2) is 42.5 Å². The third kappa shape index (κ3) is 3.89. The van der Waals surface area contributed by atoms with Crippen molar-refractivity contribution in [2.24, 2.45) is 0 Å². The van der Waals surface area contributed by atoms with E-state index in [-0.39, 0.29) is 24.9 Å². The quantitative estimate of drug-likeness (QED) is 0.710. The zero-order valence-corrected chi connectivity index (χ0v) is 15.5. The van der Waals surface area contributed by atoms with E-state index in [1.54, 1.807) is 24.3 Å². The molecule has 2 aromatic rings. The number of nitrogens with zero attached hydrogens (tertiary/aromatic N) is 1. The van der Waals surface area contributed by atoms with Crippen molar-refractivity contribution in [1.82, 2.24) is 15.5 Å². The zero-order valence-electron chi connectivity index (χ0n) is 15.5. The van der Waals surface area contributed by atoms with Crippen LogP contribution in [0, 0.1) is 0 Å². The molecule has 1 fully saturated rings. The van der Waals surface area contributed by atoms with E-state index < -0.39 is 6.03 Å². The Morgan fingerprint density at radius 3 is 2.79 bits per heavy atom. The Balaban J connectivity index is 1.47. The van der Waals surface area contributed by atoms with Crippen LogP contribution in [-0.4, -0.2) is 35.8 Å². The summed E-state index contributed by atoms with van der Waals surface area (Å²) < 4.78 is 0. The van der Waals surface area contributed by atoms with Gasteiger partial charge in [0.15, 0.2) is 0 Å². The first-order valence-corrected chi connectivity index (χ1v) is 9.41. The topological polar surface area (TPSA) is 90.5 Å². The fourth-order valence-corrected chi connectivity index (χ4v) is 3.55. The molecule has 7 heteroatoms. The average molecular weight is 378 g/mol. The second-order valence-electron chi connectivity index (χ2n) is 7.06. The number of carbonyl (C=O) groups is 3. The maximum absolute atomic E-state index is 12.7. The van der Waals surface area contributed by atoms with Gasteiger partial charge in [-0.2, -0.15) is 0 Å². The van der Waals surface area contributed by atoms with E-state index >= 15 is 0 Å². The summed E-state index contributed by atoms with van der Waals surface area (Å²) in [5.41, 5.74) is 4.50. The van der Waals surface area contributed by atoms with Crippen LogP contribution >= 0.6 is 0 Å². The Morgan fingerprint density at radius 2 is 1.96 bits per heavy atom. The predicted octanol–water partition coefficient (Wildman–Crippen LogP) is 2.03. The molecule has 0 atom stereocenters. The summed E-state index contributed by atoms with van der Waals surface area (Å²) in [6.45, 7) is 1.98. The van der Waals surface area contributed by atoms with Crippen LogP contribution in [0.5, 0.6) is 0 Å². The van der Waals surface area contributed by atoms with Crippen LogP contribution in [0.25, 0.3) is 0 Å². The summed E-state index contributed by atoms with van der Waals surface area (Å²) in [5.74, 6) is -0.487. The van der Waals surface area contributed by atoms with E-state index in [1.807, 2.05) is 12.1 Å². The smallest absolute Gasteiger partial charge is 0.324 e. The van der Waals surface area contributed by atoms with Crippen LogP contribution < -0.4 is 16.0 Å². The van der Waals surface area contributed by atoms with E-state index in [1.165, 1.54) is 11.1 Å². The van der Waals surface area contributed by atoms with Crippen molar-refractivity contribution in [2.75, 3.05) is 18.4 Å². The molecule has 4 amide bonds. The Hall–Kier alpha value is -3.19. The lowest BCUT2D eigenvalue weighted by molar-refractivity contribution is -0.125. The summed E-state index contributed by atoms with van der Waals surface area (Å²) in [5, 5.41) is 8.82. The first kappa shape index (κ1) is 18.2. The lowest BCUT2D eigenvalue weighted by Crippen LogP contribution is -2.30. The number of nitrogens with one attached hydrogen (secondary N) is 3. The zero-order chi connectivity index (χ0) is 19.5. The molecule has 2 aliphatic heterocycles. The van der Waals surface area contributed by atoms with Crippen molar-refractivity contribution in [3.8, 4) is 0 Å².